The standard InChI is InChI=1S/C9H9ClN2O/c1-13-8-3-2-7(10)6-4-5-12(11)9(6)8/h2-5H,11H2,1H3. The van der Waals surface area contributed by atoms with Crippen molar-refractivity contribution in [3.05, 3.63) is 29.4 Å². The summed E-state index contributed by atoms with van der Waals surface area (Å²) in [5.74, 6) is 6.43. The summed E-state index contributed by atoms with van der Waals surface area (Å²) in [6, 6.07) is 5.46. The molecular formula is C9H9ClN2O. The Hall–Kier alpha value is -1.35. The van der Waals surface area contributed by atoms with Gasteiger partial charge in [-0.25, -0.2) is 0 Å². The Morgan fingerprint density at radius 1 is 1.38 bits per heavy atom. The SMILES string of the molecule is COc1ccc(Cl)c2ccn(N)c12. The number of halogens is 1. The van der Waals surface area contributed by atoms with Crippen LogP contribution >= 0.6 is 11.6 Å². The fourth-order valence-corrected chi connectivity index (χ4v) is 1.60. The van der Waals surface area contributed by atoms with Crippen molar-refractivity contribution in [2.75, 3.05) is 13.0 Å². The molecule has 0 bridgehead atoms. The molecule has 13 heavy (non-hydrogen) atoms. The molecule has 0 saturated carbocycles. The molecule has 0 spiro atoms. The molecule has 0 aliphatic rings. The van der Waals surface area contributed by atoms with Gasteiger partial charge in [0.15, 0.2) is 0 Å². The van der Waals surface area contributed by atoms with Crippen molar-refractivity contribution in [1.82, 2.24) is 4.68 Å². The summed E-state index contributed by atoms with van der Waals surface area (Å²) in [4.78, 5) is 0. The van der Waals surface area contributed by atoms with Crippen LogP contribution in [0.5, 0.6) is 5.75 Å². The van der Waals surface area contributed by atoms with Gasteiger partial charge in [-0.2, -0.15) is 0 Å². The summed E-state index contributed by atoms with van der Waals surface area (Å²) in [6.45, 7) is 0. The second-order valence-electron chi connectivity index (χ2n) is 2.73. The van der Waals surface area contributed by atoms with Gasteiger partial charge >= 0.3 is 0 Å². The summed E-state index contributed by atoms with van der Waals surface area (Å²) >= 11 is 5.97. The Morgan fingerprint density at radius 3 is 2.85 bits per heavy atom. The largest absolute Gasteiger partial charge is 0.494 e. The monoisotopic (exact) mass is 196 g/mol. The number of benzene rings is 1. The van der Waals surface area contributed by atoms with E-state index in [1.165, 1.54) is 4.68 Å². The fourth-order valence-electron chi connectivity index (χ4n) is 1.38. The molecule has 2 N–H and O–H groups in total. The van der Waals surface area contributed by atoms with Crippen LogP contribution in [0.3, 0.4) is 0 Å². The van der Waals surface area contributed by atoms with Crippen molar-refractivity contribution in [3.8, 4) is 5.75 Å². The summed E-state index contributed by atoms with van der Waals surface area (Å²) < 4.78 is 6.66. The number of ether oxygens (including phenoxy) is 1. The minimum absolute atomic E-state index is 0.681. The lowest BCUT2D eigenvalue weighted by Crippen LogP contribution is -2.06. The minimum Gasteiger partial charge on any atom is -0.494 e. The quantitative estimate of drug-likeness (QED) is 0.709. The molecule has 0 fully saturated rings. The number of nitrogen functional groups attached to an aromatic ring is 1. The van der Waals surface area contributed by atoms with Crippen LogP contribution in [0.1, 0.15) is 0 Å². The van der Waals surface area contributed by atoms with Gasteiger partial charge in [0.2, 0.25) is 0 Å². The number of nitrogens with zero attached hydrogens (tertiary/aromatic N) is 1. The average Bonchev–Trinajstić information content (AvgIpc) is 2.51. The van der Waals surface area contributed by atoms with E-state index < -0.39 is 0 Å². The second kappa shape index (κ2) is 2.85. The van der Waals surface area contributed by atoms with Gasteiger partial charge in [0, 0.05) is 11.6 Å². The van der Waals surface area contributed by atoms with Crippen LogP contribution in [-0.2, 0) is 0 Å². The molecule has 0 atom stereocenters. The van der Waals surface area contributed by atoms with Crippen molar-refractivity contribution in [3.63, 3.8) is 0 Å². The first kappa shape index (κ1) is 8.26. The van der Waals surface area contributed by atoms with E-state index in [0.717, 1.165) is 16.7 Å². The Morgan fingerprint density at radius 2 is 2.15 bits per heavy atom. The van der Waals surface area contributed by atoms with Gasteiger partial charge in [0.05, 0.1) is 12.1 Å². The number of aromatic nitrogens is 1. The maximum Gasteiger partial charge on any atom is 0.145 e. The Balaban J connectivity index is 2.88. The number of methoxy groups -OCH3 is 1. The molecule has 0 unspecified atom stereocenters. The van der Waals surface area contributed by atoms with Crippen LogP contribution in [-0.4, -0.2) is 11.8 Å². The predicted molar refractivity (Wildman–Crippen MR) is 53.7 cm³/mol. The molecule has 0 amide bonds. The van der Waals surface area contributed by atoms with Crippen LogP contribution in [0.15, 0.2) is 24.4 Å². The third kappa shape index (κ3) is 1.12. The Bertz CT molecular complexity index is 450. The molecule has 1 aromatic carbocycles. The zero-order valence-electron chi connectivity index (χ0n) is 7.12. The minimum atomic E-state index is 0.681. The number of rotatable bonds is 1. The van der Waals surface area contributed by atoms with Gasteiger partial charge in [-0.1, -0.05) is 11.6 Å². The van der Waals surface area contributed by atoms with E-state index >= 15 is 0 Å². The Kier molecular flexibility index (Phi) is 1.81. The van der Waals surface area contributed by atoms with Crippen molar-refractivity contribution in [2.24, 2.45) is 0 Å². The van der Waals surface area contributed by atoms with Crippen LogP contribution in [0.25, 0.3) is 10.9 Å². The van der Waals surface area contributed by atoms with E-state index in [1.54, 1.807) is 25.4 Å². The third-order valence-electron chi connectivity index (χ3n) is 2.01. The molecule has 4 heteroatoms. The lowest BCUT2D eigenvalue weighted by Gasteiger charge is -2.04. The van der Waals surface area contributed by atoms with E-state index in [-0.39, 0.29) is 0 Å². The first-order valence-electron chi connectivity index (χ1n) is 3.82. The molecule has 0 radical (unpaired) electrons. The summed E-state index contributed by atoms with van der Waals surface area (Å²) in [5, 5.41) is 1.59. The molecule has 1 heterocycles. The highest BCUT2D eigenvalue weighted by molar-refractivity contribution is 6.35. The first-order valence-corrected chi connectivity index (χ1v) is 4.20. The van der Waals surface area contributed by atoms with Gasteiger partial charge in [-0.15, -0.1) is 0 Å². The molecule has 0 aliphatic heterocycles. The zero-order valence-corrected chi connectivity index (χ0v) is 7.88. The fraction of sp³-hybridized carbons (Fsp3) is 0.111. The summed E-state index contributed by atoms with van der Waals surface area (Å²) in [7, 11) is 1.61. The predicted octanol–water partition coefficient (Wildman–Crippen LogP) is 2.02. The van der Waals surface area contributed by atoms with Crippen LogP contribution in [0, 0.1) is 0 Å². The topological polar surface area (TPSA) is 40.2 Å². The number of hydrogen-bond acceptors (Lipinski definition) is 2. The highest BCUT2D eigenvalue weighted by Crippen LogP contribution is 2.30. The molecule has 2 rings (SSSR count). The maximum absolute atomic E-state index is 5.97. The maximum atomic E-state index is 5.97. The molecule has 0 aliphatic carbocycles. The summed E-state index contributed by atoms with van der Waals surface area (Å²) in [5.41, 5.74) is 0.815. The number of fused-ring (bicyclic) bond motifs is 1. The lowest BCUT2D eigenvalue weighted by molar-refractivity contribution is 0.418. The van der Waals surface area contributed by atoms with Crippen molar-refractivity contribution in [2.45, 2.75) is 0 Å². The van der Waals surface area contributed by atoms with Crippen LogP contribution < -0.4 is 10.6 Å². The van der Waals surface area contributed by atoms with Gasteiger partial charge in [-0.05, 0) is 18.2 Å². The van der Waals surface area contributed by atoms with Crippen LogP contribution in [0.2, 0.25) is 5.02 Å². The van der Waals surface area contributed by atoms with Crippen LogP contribution in [0.4, 0.5) is 0 Å². The van der Waals surface area contributed by atoms with Crippen molar-refractivity contribution < 1.29 is 4.74 Å². The molecule has 68 valence electrons. The van der Waals surface area contributed by atoms with E-state index in [9.17, 15) is 0 Å². The van der Waals surface area contributed by atoms with Crippen molar-refractivity contribution in [1.29, 1.82) is 0 Å². The Labute approximate surface area is 80.6 Å². The third-order valence-corrected chi connectivity index (χ3v) is 2.34. The summed E-state index contributed by atoms with van der Waals surface area (Å²) in [6.07, 6.45) is 1.75. The molecular weight excluding hydrogens is 188 g/mol. The van der Waals surface area contributed by atoms with E-state index in [2.05, 4.69) is 0 Å². The van der Waals surface area contributed by atoms with Gasteiger partial charge < -0.3 is 10.6 Å². The van der Waals surface area contributed by atoms with E-state index in [4.69, 9.17) is 22.2 Å². The molecule has 2 aromatic rings. The molecule has 3 nitrogen and oxygen atoms in total. The first-order chi connectivity index (χ1) is 6.24. The highest BCUT2D eigenvalue weighted by atomic mass is 35.5. The number of nitrogens with two attached hydrogens (primary N) is 1. The zero-order chi connectivity index (χ0) is 9.42. The molecule has 1 aromatic heterocycles. The second-order valence-corrected chi connectivity index (χ2v) is 3.14. The van der Waals surface area contributed by atoms with E-state index in [1.807, 2.05) is 6.07 Å². The normalized spacial score (nSPS) is 10.6. The van der Waals surface area contributed by atoms with Gasteiger partial charge in [0.1, 0.15) is 11.3 Å². The number of hydrogen-bond donors (Lipinski definition) is 1. The van der Waals surface area contributed by atoms with Crippen molar-refractivity contribution >= 4 is 22.5 Å². The highest BCUT2D eigenvalue weighted by Gasteiger charge is 2.08. The van der Waals surface area contributed by atoms with Gasteiger partial charge in [-0.3, -0.25) is 4.68 Å². The molecule has 0 saturated heterocycles. The average molecular weight is 197 g/mol. The van der Waals surface area contributed by atoms with Gasteiger partial charge in [0.25, 0.3) is 0 Å². The lowest BCUT2D eigenvalue weighted by atomic mass is 10.2. The van der Waals surface area contributed by atoms with E-state index in [0.29, 0.717) is 5.02 Å². The smallest absolute Gasteiger partial charge is 0.145 e.